The molecular weight excluding hydrogens is 629 g/mol. The molecule has 2 aromatic carbocycles. The summed E-state index contributed by atoms with van der Waals surface area (Å²) in [4.78, 5) is 18.9. The third-order valence-electron chi connectivity index (χ3n) is 10.0. The molecule has 1 atom stereocenters. The van der Waals surface area contributed by atoms with Crippen molar-refractivity contribution < 1.29 is 17.9 Å². The van der Waals surface area contributed by atoms with Gasteiger partial charge in [-0.1, -0.05) is 76.6 Å². The van der Waals surface area contributed by atoms with Crippen molar-refractivity contribution in [2.75, 3.05) is 6.61 Å². The van der Waals surface area contributed by atoms with Crippen LogP contribution in [-0.2, 0) is 22.0 Å². The number of nitrogens with zero attached hydrogens (tertiary/aromatic N) is 5. The molecule has 0 radical (unpaired) electrons. The van der Waals surface area contributed by atoms with Gasteiger partial charge in [-0.25, -0.2) is 13.3 Å². The van der Waals surface area contributed by atoms with E-state index in [1.165, 1.54) is 6.33 Å². The van der Waals surface area contributed by atoms with Gasteiger partial charge in [0.25, 0.3) is 12.0 Å². The van der Waals surface area contributed by atoms with Crippen LogP contribution in [0.15, 0.2) is 59.7 Å². The van der Waals surface area contributed by atoms with Crippen LogP contribution in [0.4, 0.5) is 8.78 Å². The SMILES string of the molecule is CCCc1c(Cc2ccc(-c3ccccc3C#N)cc2)c(=O)n([C@H]2CC[C@H](OCC(O[Si](C)(C)C(C)(C)C)C(F)F)CC2)c2ncnn12. The zero-order chi connectivity index (χ0) is 34.6. The van der Waals surface area contributed by atoms with Crippen molar-refractivity contribution in [2.45, 2.75) is 115 Å². The maximum atomic E-state index is 14.4. The zero-order valence-corrected chi connectivity index (χ0v) is 29.9. The second kappa shape index (κ2) is 14.8. The zero-order valence-electron chi connectivity index (χ0n) is 28.9. The molecule has 8 nitrogen and oxygen atoms in total. The van der Waals surface area contributed by atoms with Crippen LogP contribution in [0.2, 0.25) is 18.1 Å². The van der Waals surface area contributed by atoms with Crippen LogP contribution in [0.5, 0.6) is 0 Å². The number of fused-ring (bicyclic) bond motifs is 1. The Labute approximate surface area is 282 Å². The van der Waals surface area contributed by atoms with Gasteiger partial charge in [-0.15, -0.1) is 0 Å². The molecule has 0 saturated heterocycles. The highest BCUT2D eigenvalue weighted by atomic mass is 28.4. The Balaban J connectivity index is 1.35. The minimum absolute atomic E-state index is 0.0669. The first-order valence-electron chi connectivity index (χ1n) is 17.0. The number of aryl methyl sites for hydroxylation is 1. The predicted octanol–water partition coefficient (Wildman–Crippen LogP) is 8.13. The van der Waals surface area contributed by atoms with Gasteiger partial charge in [0.15, 0.2) is 8.32 Å². The molecule has 1 fully saturated rings. The molecule has 2 heterocycles. The first kappa shape index (κ1) is 35.6. The van der Waals surface area contributed by atoms with Crippen molar-refractivity contribution in [3.63, 3.8) is 0 Å². The lowest BCUT2D eigenvalue weighted by Gasteiger charge is -2.39. The lowest BCUT2D eigenvalue weighted by molar-refractivity contribution is -0.0761. The molecule has 1 aliphatic rings. The van der Waals surface area contributed by atoms with Gasteiger partial charge in [-0.05, 0) is 73.0 Å². The molecule has 0 spiro atoms. The number of rotatable bonds is 12. The molecular formula is C37H47F2N5O3Si. The van der Waals surface area contributed by atoms with Gasteiger partial charge in [0.2, 0.25) is 5.78 Å². The highest BCUT2D eigenvalue weighted by Gasteiger charge is 2.41. The van der Waals surface area contributed by atoms with Crippen molar-refractivity contribution >= 4 is 14.1 Å². The smallest absolute Gasteiger partial charge is 0.265 e. The van der Waals surface area contributed by atoms with E-state index in [4.69, 9.17) is 9.16 Å². The normalized spacial score (nSPS) is 17.9. The molecule has 0 aliphatic heterocycles. The summed E-state index contributed by atoms with van der Waals surface area (Å²) >= 11 is 0. The number of hydrogen-bond acceptors (Lipinski definition) is 6. The highest BCUT2D eigenvalue weighted by Crippen LogP contribution is 2.38. The quantitative estimate of drug-likeness (QED) is 0.141. The van der Waals surface area contributed by atoms with Crippen LogP contribution < -0.4 is 5.56 Å². The number of nitriles is 1. The average molecular weight is 676 g/mol. The van der Waals surface area contributed by atoms with Crippen LogP contribution in [0.3, 0.4) is 0 Å². The summed E-state index contributed by atoms with van der Waals surface area (Å²) in [6, 6.07) is 17.7. The topological polar surface area (TPSA) is 94.4 Å². The summed E-state index contributed by atoms with van der Waals surface area (Å²) in [6.45, 7) is 12.0. The largest absolute Gasteiger partial charge is 0.406 e. The summed E-state index contributed by atoms with van der Waals surface area (Å²) in [5.41, 5.74) is 4.91. The first-order chi connectivity index (χ1) is 22.8. The minimum atomic E-state index is -2.63. The number of ether oxygens (including phenoxy) is 1. The van der Waals surface area contributed by atoms with Gasteiger partial charge in [0, 0.05) is 18.0 Å². The summed E-state index contributed by atoms with van der Waals surface area (Å²) in [5, 5.41) is 13.9. The van der Waals surface area contributed by atoms with E-state index in [-0.39, 0.29) is 29.4 Å². The van der Waals surface area contributed by atoms with Gasteiger partial charge in [0.1, 0.15) is 12.4 Å². The van der Waals surface area contributed by atoms with Gasteiger partial charge < -0.3 is 9.16 Å². The van der Waals surface area contributed by atoms with E-state index in [0.29, 0.717) is 55.4 Å². The number of aromatic nitrogens is 4. The van der Waals surface area contributed by atoms with Crippen molar-refractivity contribution in [2.24, 2.45) is 0 Å². The Morgan fingerprint density at radius 1 is 1.06 bits per heavy atom. The molecule has 256 valence electrons. The van der Waals surface area contributed by atoms with Gasteiger partial charge in [0.05, 0.1) is 30.0 Å². The molecule has 0 bridgehead atoms. The number of alkyl halides is 2. The molecule has 48 heavy (non-hydrogen) atoms. The van der Waals surface area contributed by atoms with E-state index in [9.17, 15) is 18.8 Å². The lowest BCUT2D eigenvalue weighted by atomic mass is 9.92. The molecule has 2 aromatic heterocycles. The fourth-order valence-corrected chi connectivity index (χ4v) is 7.61. The van der Waals surface area contributed by atoms with E-state index < -0.39 is 20.8 Å². The van der Waals surface area contributed by atoms with Crippen LogP contribution >= 0.6 is 0 Å². The third-order valence-corrected chi connectivity index (χ3v) is 14.5. The Morgan fingerprint density at radius 2 is 1.75 bits per heavy atom. The molecule has 4 aromatic rings. The molecule has 1 aliphatic carbocycles. The van der Waals surface area contributed by atoms with Crippen LogP contribution in [-0.4, -0.2) is 52.7 Å². The van der Waals surface area contributed by atoms with E-state index >= 15 is 0 Å². The third kappa shape index (κ3) is 7.61. The Kier molecular flexibility index (Phi) is 11.0. The Hall–Kier alpha value is -3.72. The molecule has 1 unspecified atom stereocenters. The first-order valence-corrected chi connectivity index (χ1v) is 19.9. The van der Waals surface area contributed by atoms with Gasteiger partial charge in [-0.3, -0.25) is 9.36 Å². The summed E-state index contributed by atoms with van der Waals surface area (Å²) < 4.78 is 43.6. The highest BCUT2D eigenvalue weighted by molar-refractivity contribution is 6.74. The average Bonchev–Trinajstić information content (AvgIpc) is 3.54. The van der Waals surface area contributed by atoms with Gasteiger partial charge in [-0.2, -0.15) is 15.3 Å². The van der Waals surface area contributed by atoms with Crippen LogP contribution in [0.25, 0.3) is 16.9 Å². The number of benzene rings is 2. The van der Waals surface area contributed by atoms with E-state index in [0.717, 1.165) is 28.8 Å². The maximum Gasteiger partial charge on any atom is 0.265 e. The molecule has 0 amide bonds. The summed E-state index contributed by atoms with van der Waals surface area (Å²) in [7, 11) is -2.39. The minimum Gasteiger partial charge on any atom is -0.406 e. The van der Waals surface area contributed by atoms with Crippen molar-refractivity contribution in [1.29, 1.82) is 5.26 Å². The van der Waals surface area contributed by atoms with Crippen molar-refractivity contribution in [3.8, 4) is 17.2 Å². The molecule has 0 N–H and O–H groups in total. The second-order valence-corrected chi connectivity index (χ2v) is 19.1. The van der Waals surface area contributed by atoms with Gasteiger partial charge >= 0.3 is 0 Å². The van der Waals surface area contributed by atoms with Crippen molar-refractivity contribution in [3.05, 3.63) is 87.6 Å². The monoisotopic (exact) mass is 675 g/mol. The summed E-state index contributed by atoms with van der Waals surface area (Å²) in [5.74, 6) is 0.528. The summed E-state index contributed by atoms with van der Waals surface area (Å²) in [6.07, 6.45) is 2.01. The second-order valence-electron chi connectivity index (χ2n) is 14.4. The fraction of sp³-hybridized carbons (Fsp3) is 0.514. The molecule has 5 rings (SSSR count). The molecule has 1 saturated carbocycles. The molecule has 11 heteroatoms. The maximum absolute atomic E-state index is 14.4. The van der Waals surface area contributed by atoms with E-state index in [1.54, 1.807) is 10.6 Å². The standard InChI is InChI=1S/C37H47F2N5O3Si/c1-7-10-32-31(21-25-13-15-26(16-14-25)30-12-9-8-11-27(30)22-40)35(45)43(36-41-24-42-44(32)36)28-17-19-29(20-18-28)46-23-33(34(38)39)47-48(5,6)37(2,3)4/h8-9,11-16,24,28-29,33-34H,7,10,17-21,23H2,1-6H3/t28-,29-,33?. The van der Waals surface area contributed by atoms with Crippen molar-refractivity contribution in [1.82, 2.24) is 19.2 Å². The fourth-order valence-electron chi connectivity index (χ4n) is 6.33. The Morgan fingerprint density at radius 3 is 2.38 bits per heavy atom. The van der Waals surface area contributed by atoms with E-state index in [2.05, 4.69) is 23.1 Å². The van der Waals surface area contributed by atoms with Crippen LogP contribution in [0.1, 0.15) is 88.2 Å². The predicted molar refractivity (Wildman–Crippen MR) is 186 cm³/mol. The van der Waals surface area contributed by atoms with E-state index in [1.807, 2.05) is 80.8 Å². The number of hydrogen-bond donors (Lipinski definition) is 0. The van der Waals surface area contributed by atoms with Crippen LogP contribution in [0, 0.1) is 11.3 Å². The lowest BCUT2D eigenvalue weighted by Crippen LogP contribution is -2.47. The Bertz CT molecular complexity index is 1800. The number of halogens is 2.